The molecule has 0 saturated carbocycles. The molecule has 1 aromatic heterocycles. The van der Waals surface area contributed by atoms with Gasteiger partial charge >= 0.3 is 0 Å². The van der Waals surface area contributed by atoms with Gasteiger partial charge in [-0.15, -0.1) is 5.10 Å². The van der Waals surface area contributed by atoms with E-state index >= 15 is 0 Å². The summed E-state index contributed by atoms with van der Waals surface area (Å²) in [6, 6.07) is 13.0. The molecule has 0 aliphatic heterocycles. The van der Waals surface area contributed by atoms with Crippen LogP contribution < -0.4 is 5.32 Å². The van der Waals surface area contributed by atoms with Crippen LogP contribution in [0.4, 0.5) is 5.69 Å². The lowest BCUT2D eigenvalue weighted by Gasteiger charge is -2.09. The van der Waals surface area contributed by atoms with Crippen LogP contribution >= 0.6 is 22.6 Å². The smallest absolute Gasteiger partial charge is 0.255 e. The molecule has 7 heteroatoms. The molecule has 110 valence electrons. The van der Waals surface area contributed by atoms with E-state index in [0.717, 1.165) is 20.5 Å². The molecule has 0 atom stereocenters. The summed E-state index contributed by atoms with van der Waals surface area (Å²) in [6.45, 7) is 1.94. The minimum atomic E-state index is -0.131. The first-order valence-corrected chi connectivity index (χ1v) is 7.62. The summed E-state index contributed by atoms with van der Waals surface area (Å²) >= 11 is 2.18. The second-order valence-electron chi connectivity index (χ2n) is 4.72. The van der Waals surface area contributed by atoms with Gasteiger partial charge in [-0.3, -0.25) is 4.79 Å². The second kappa shape index (κ2) is 6.22. The lowest BCUT2D eigenvalue weighted by molar-refractivity contribution is 0.102. The highest BCUT2D eigenvalue weighted by Crippen LogP contribution is 2.19. The van der Waals surface area contributed by atoms with E-state index in [-0.39, 0.29) is 5.91 Å². The van der Waals surface area contributed by atoms with Crippen LogP contribution in [0.25, 0.3) is 5.69 Å². The number of carbonyl (C=O) groups is 1. The summed E-state index contributed by atoms with van der Waals surface area (Å²) in [5.74, 6) is -0.131. The van der Waals surface area contributed by atoms with Crippen molar-refractivity contribution in [1.82, 2.24) is 20.2 Å². The molecule has 0 radical (unpaired) electrons. The summed E-state index contributed by atoms with van der Waals surface area (Å²) in [5.41, 5.74) is 3.21. The topological polar surface area (TPSA) is 72.7 Å². The highest BCUT2D eigenvalue weighted by Gasteiger charge is 2.08. The average molecular weight is 405 g/mol. The van der Waals surface area contributed by atoms with E-state index in [0.29, 0.717) is 5.56 Å². The summed E-state index contributed by atoms with van der Waals surface area (Å²) in [7, 11) is 0. The number of benzene rings is 2. The predicted octanol–water partition coefficient (Wildman–Crippen LogP) is 2.83. The summed E-state index contributed by atoms with van der Waals surface area (Å²) in [4.78, 5) is 12.2. The number of nitrogens with zero attached hydrogens (tertiary/aromatic N) is 4. The molecule has 3 rings (SSSR count). The molecule has 0 unspecified atom stereocenters. The third kappa shape index (κ3) is 3.14. The van der Waals surface area contributed by atoms with Crippen LogP contribution in [0.1, 0.15) is 15.9 Å². The zero-order valence-electron chi connectivity index (χ0n) is 11.7. The van der Waals surface area contributed by atoms with Crippen LogP contribution in [0, 0.1) is 10.5 Å². The molecule has 0 bridgehead atoms. The highest BCUT2D eigenvalue weighted by molar-refractivity contribution is 14.1. The molecule has 0 aliphatic rings. The van der Waals surface area contributed by atoms with Gasteiger partial charge in [0.05, 0.1) is 5.69 Å². The number of amides is 1. The van der Waals surface area contributed by atoms with Crippen molar-refractivity contribution in [3.05, 3.63) is 63.5 Å². The Bertz CT molecular complexity index is 817. The number of anilines is 1. The van der Waals surface area contributed by atoms with Crippen molar-refractivity contribution in [1.29, 1.82) is 0 Å². The highest BCUT2D eigenvalue weighted by atomic mass is 127. The zero-order chi connectivity index (χ0) is 15.5. The number of aromatic nitrogens is 4. The maximum absolute atomic E-state index is 12.2. The Hall–Kier alpha value is -2.29. The lowest BCUT2D eigenvalue weighted by Crippen LogP contribution is -2.12. The van der Waals surface area contributed by atoms with Gasteiger partial charge < -0.3 is 5.32 Å². The predicted molar refractivity (Wildman–Crippen MR) is 91.0 cm³/mol. The third-order valence-corrected chi connectivity index (χ3v) is 3.81. The number of aryl methyl sites for hydroxylation is 1. The molecule has 0 saturated heterocycles. The molecule has 3 aromatic rings. The Morgan fingerprint density at radius 2 is 2.09 bits per heavy atom. The van der Waals surface area contributed by atoms with Gasteiger partial charge in [0.1, 0.15) is 6.33 Å². The normalized spacial score (nSPS) is 10.5. The Kier molecular flexibility index (Phi) is 4.14. The van der Waals surface area contributed by atoms with Crippen molar-refractivity contribution >= 4 is 34.2 Å². The van der Waals surface area contributed by atoms with Crippen molar-refractivity contribution < 1.29 is 4.79 Å². The van der Waals surface area contributed by atoms with Crippen molar-refractivity contribution in [2.75, 3.05) is 5.32 Å². The fourth-order valence-corrected chi connectivity index (χ4v) is 2.64. The minimum Gasteiger partial charge on any atom is -0.322 e. The van der Waals surface area contributed by atoms with Crippen LogP contribution in [-0.4, -0.2) is 26.1 Å². The first-order valence-electron chi connectivity index (χ1n) is 6.54. The molecule has 1 N–H and O–H groups in total. The summed E-state index contributed by atoms with van der Waals surface area (Å²) < 4.78 is 2.61. The van der Waals surface area contributed by atoms with Crippen LogP contribution in [0.5, 0.6) is 0 Å². The van der Waals surface area contributed by atoms with E-state index in [1.807, 2.05) is 43.3 Å². The van der Waals surface area contributed by atoms with Crippen LogP contribution in [0.3, 0.4) is 0 Å². The Morgan fingerprint density at radius 1 is 1.23 bits per heavy atom. The number of nitrogens with one attached hydrogen (secondary N) is 1. The molecular formula is C15H12IN5O. The Morgan fingerprint density at radius 3 is 2.77 bits per heavy atom. The van der Waals surface area contributed by atoms with Crippen molar-refractivity contribution in [2.24, 2.45) is 0 Å². The molecule has 1 heterocycles. The zero-order valence-corrected chi connectivity index (χ0v) is 13.9. The van der Waals surface area contributed by atoms with Gasteiger partial charge in [0, 0.05) is 14.8 Å². The maximum Gasteiger partial charge on any atom is 0.255 e. The number of tetrazole rings is 1. The van der Waals surface area contributed by atoms with Gasteiger partial charge in [0.25, 0.3) is 5.91 Å². The molecular weight excluding hydrogens is 393 g/mol. The van der Waals surface area contributed by atoms with Crippen molar-refractivity contribution in [3.8, 4) is 5.69 Å². The molecule has 22 heavy (non-hydrogen) atoms. The van der Waals surface area contributed by atoms with Crippen LogP contribution in [-0.2, 0) is 0 Å². The van der Waals surface area contributed by atoms with E-state index in [1.165, 1.54) is 6.33 Å². The van der Waals surface area contributed by atoms with Gasteiger partial charge in [0.15, 0.2) is 0 Å². The molecule has 6 nitrogen and oxygen atoms in total. The van der Waals surface area contributed by atoms with E-state index in [1.54, 1.807) is 10.7 Å². The molecule has 0 spiro atoms. The fourth-order valence-electron chi connectivity index (χ4n) is 2.09. The molecule has 1 amide bonds. The largest absolute Gasteiger partial charge is 0.322 e. The first-order chi connectivity index (χ1) is 10.6. The van der Waals surface area contributed by atoms with E-state index < -0.39 is 0 Å². The molecule has 0 fully saturated rings. The van der Waals surface area contributed by atoms with Crippen molar-refractivity contribution in [2.45, 2.75) is 6.92 Å². The number of halogens is 1. The Balaban J connectivity index is 1.81. The maximum atomic E-state index is 12.2. The number of hydrogen-bond acceptors (Lipinski definition) is 4. The van der Waals surface area contributed by atoms with E-state index in [9.17, 15) is 4.79 Å². The fraction of sp³-hybridized carbons (Fsp3) is 0.0667. The lowest BCUT2D eigenvalue weighted by atomic mass is 10.1. The number of rotatable bonds is 3. The van der Waals surface area contributed by atoms with Gasteiger partial charge in [0.2, 0.25) is 0 Å². The van der Waals surface area contributed by atoms with Gasteiger partial charge in [-0.05, 0) is 81.9 Å². The first kappa shape index (κ1) is 14.6. The standard InChI is InChI=1S/C15H12IN5O/c1-10-7-13(5-6-14(10)21-9-17-19-20-21)18-15(22)11-3-2-4-12(16)8-11/h2-9H,1H3,(H,18,22). The van der Waals surface area contributed by atoms with Crippen molar-refractivity contribution in [3.63, 3.8) is 0 Å². The third-order valence-electron chi connectivity index (χ3n) is 3.14. The monoisotopic (exact) mass is 405 g/mol. The van der Waals surface area contributed by atoms with Gasteiger partial charge in [-0.2, -0.15) is 0 Å². The quantitative estimate of drug-likeness (QED) is 0.681. The molecule has 2 aromatic carbocycles. The van der Waals surface area contributed by atoms with Crippen LogP contribution in [0.15, 0.2) is 48.8 Å². The van der Waals surface area contributed by atoms with E-state index in [4.69, 9.17) is 0 Å². The van der Waals surface area contributed by atoms with Gasteiger partial charge in [-0.25, -0.2) is 4.68 Å². The van der Waals surface area contributed by atoms with Gasteiger partial charge in [-0.1, -0.05) is 6.07 Å². The number of hydrogen-bond donors (Lipinski definition) is 1. The molecule has 0 aliphatic carbocycles. The van der Waals surface area contributed by atoms with E-state index in [2.05, 4.69) is 43.4 Å². The SMILES string of the molecule is Cc1cc(NC(=O)c2cccc(I)c2)ccc1-n1cnnn1. The second-order valence-corrected chi connectivity index (χ2v) is 5.97. The minimum absolute atomic E-state index is 0.131. The van der Waals surface area contributed by atoms with Crippen LogP contribution in [0.2, 0.25) is 0 Å². The number of carbonyl (C=O) groups excluding carboxylic acids is 1. The summed E-state index contributed by atoms with van der Waals surface area (Å²) in [5, 5.41) is 14.0. The average Bonchev–Trinajstić information content (AvgIpc) is 3.01. The Labute approximate surface area is 140 Å². The summed E-state index contributed by atoms with van der Waals surface area (Å²) in [6.07, 6.45) is 1.53.